The molecule has 0 saturated carbocycles. The van der Waals surface area contributed by atoms with E-state index in [4.69, 9.17) is 9.84 Å². The van der Waals surface area contributed by atoms with Crippen LogP contribution in [0.1, 0.15) is 17.4 Å². The first-order valence-corrected chi connectivity index (χ1v) is 6.84. The number of aliphatic imine (C=N–C) groups is 1. The third-order valence-corrected chi connectivity index (χ3v) is 3.66. The van der Waals surface area contributed by atoms with Gasteiger partial charge >= 0.3 is 11.9 Å². The zero-order chi connectivity index (χ0) is 15.6. The van der Waals surface area contributed by atoms with E-state index in [1.54, 1.807) is 19.2 Å². The van der Waals surface area contributed by atoms with Gasteiger partial charge in [0.15, 0.2) is 6.04 Å². The fourth-order valence-corrected chi connectivity index (χ4v) is 2.23. The number of carboxylic acids is 1. The molecule has 4 N–H and O–H groups in total. The molecule has 21 heavy (non-hydrogen) atoms. The van der Waals surface area contributed by atoms with Crippen LogP contribution in [0.15, 0.2) is 21.7 Å². The summed E-state index contributed by atoms with van der Waals surface area (Å²) in [5, 5.41) is 21.8. The lowest BCUT2D eigenvalue weighted by Crippen LogP contribution is -2.63. The van der Waals surface area contributed by atoms with Crippen molar-refractivity contribution in [1.82, 2.24) is 10.3 Å². The third kappa shape index (κ3) is 3.24. The maximum atomic E-state index is 11.8. The highest BCUT2D eigenvalue weighted by Gasteiger charge is 2.44. The number of aliphatic hydroxyl groups is 1. The summed E-state index contributed by atoms with van der Waals surface area (Å²) in [6, 6.07) is 0.256. The lowest BCUT2D eigenvalue weighted by molar-refractivity contribution is -0.143. The summed E-state index contributed by atoms with van der Waals surface area (Å²) in [5.41, 5.74) is -0.885. The van der Waals surface area contributed by atoms with E-state index in [-0.39, 0.29) is 12.3 Å². The van der Waals surface area contributed by atoms with Gasteiger partial charge in [0.05, 0.1) is 11.9 Å². The standard InChI is InChI=1S/C12H14BrN3O5/c1-12(9(17)8(10(18)19)15-5-16-12)4-21-11(20)7-2-6(13)3-14-7/h2-3,5,8-9,14,17H,4H2,1H3,(H,15,16)(H,18,19)/t8?,9-,12-/m0/s1. The number of carbonyl (C=O) groups is 2. The average molecular weight is 360 g/mol. The summed E-state index contributed by atoms with van der Waals surface area (Å²) in [5.74, 6) is -1.85. The Balaban J connectivity index is 2.03. The number of hydrogen-bond donors (Lipinski definition) is 4. The van der Waals surface area contributed by atoms with Crippen molar-refractivity contribution in [1.29, 1.82) is 0 Å². The molecule has 9 heteroatoms. The third-order valence-electron chi connectivity index (χ3n) is 3.21. The highest BCUT2D eigenvalue weighted by molar-refractivity contribution is 9.10. The molecule has 1 aromatic heterocycles. The number of carbonyl (C=O) groups excluding carboxylic acids is 1. The van der Waals surface area contributed by atoms with Crippen molar-refractivity contribution < 1.29 is 24.5 Å². The Kier molecular flexibility index (Phi) is 4.33. The van der Waals surface area contributed by atoms with E-state index in [9.17, 15) is 14.7 Å². The molecule has 2 rings (SSSR count). The Hall–Kier alpha value is -1.87. The Labute approximate surface area is 128 Å². The number of nitrogens with one attached hydrogen (secondary N) is 2. The van der Waals surface area contributed by atoms with Crippen LogP contribution in [0.25, 0.3) is 0 Å². The number of rotatable bonds is 4. The normalized spacial score (nSPS) is 28.0. The van der Waals surface area contributed by atoms with Crippen LogP contribution in [0.3, 0.4) is 0 Å². The summed E-state index contributed by atoms with van der Waals surface area (Å²) >= 11 is 3.20. The van der Waals surface area contributed by atoms with Crippen LogP contribution in [0, 0.1) is 0 Å². The lowest BCUT2D eigenvalue weighted by Gasteiger charge is -2.38. The topological polar surface area (TPSA) is 124 Å². The fourth-order valence-electron chi connectivity index (χ4n) is 1.89. The molecule has 0 fully saturated rings. The minimum atomic E-state index is -1.33. The Morgan fingerprint density at radius 3 is 2.86 bits per heavy atom. The molecule has 0 radical (unpaired) electrons. The summed E-state index contributed by atoms with van der Waals surface area (Å²) in [6.45, 7) is 1.34. The molecule has 1 aliphatic rings. The second-order valence-electron chi connectivity index (χ2n) is 4.88. The highest BCUT2D eigenvalue weighted by Crippen LogP contribution is 2.20. The molecule has 1 aliphatic heterocycles. The van der Waals surface area contributed by atoms with Gasteiger partial charge < -0.3 is 25.3 Å². The highest BCUT2D eigenvalue weighted by atomic mass is 79.9. The maximum absolute atomic E-state index is 11.8. The van der Waals surface area contributed by atoms with Crippen molar-refractivity contribution in [3.63, 3.8) is 0 Å². The number of ether oxygens (including phenoxy) is 1. The fraction of sp³-hybridized carbons (Fsp3) is 0.417. The summed E-state index contributed by atoms with van der Waals surface area (Å²) in [7, 11) is 0. The summed E-state index contributed by atoms with van der Waals surface area (Å²) < 4.78 is 5.82. The molecule has 0 aliphatic carbocycles. The molecule has 0 spiro atoms. The van der Waals surface area contributed by atoms with E-state index in [1.807, 2.05) is 0 Å². The number of esters is 1. The van der Waals surface area contributed by atoms with E-state index in [2.05, 4.69) is 31.2 Å². The number of aromatic amines is 1. The molecule has 3 atom stereocenters. The van der Waals surface area contributed by atoms with Gasteiger partial charge in [-0.05, 0) is 28.9 Å². The van der Waals surface area contributed by atoms with Crippen molar-refractivity contribution >= 4 is 34.2 Å². The largest absolute Gasteiger partial charge is 0.480 e. The van der Waals surface area contributed by atoms with Crippen molar-refractivity contribution in [2.45, 2.75) is 24.6 Å². The molecular weight excluding hydrogens is 346 g/mol. The van der Waals surface area contributed by atoms with E-state index in [1.165, 1.54) is 6.34 Å². The number of H-pyrrole nitrogens is 1. The summed E-state index contributed by atoms with van der Waals surface area (Å²) in [6.07, 6.45) is 1.45. The van der Waals surface area contributed by atoms with E-state index in [0.717, 1.165) is 0 Å². The number of aliphatic carboxylic acids is 1. The zero-order valence-electron chi connectivity index (χ0n) is 11.0. The molecule has 8 nitrogen and oxygen atoms in total. The van der Waals surface area contributed by atoms with Crippen LogP contribution in [0.5, 0.6) is 0 Å². The minimum Gasteiger partial charge on any atom is -0.480 e. The van der Waals surface area contributed by atoms with Gasteiger partial charge in [-0.1, -0.05) is 0 Å². The van der Waals surface area contributed by atoms with Gasteiger partial charge in [0.25, 0.3) is 0 Å². The van der Waals surface area contributed by atoms with Gasteiger partial charge in [-0.3, -0.25) is 4.99 Å². The first-order valence-electron chi connectivity index (χ1n) is 6.05. The van der Waals surface area contributed by atoms with Gasteiger partial charge in [-0.15, -0.1) is 0 Å². The van der Waals surface area contributed by atoms with Crippen LogP contribution in [-0.4, -0.2) is 57.8 Å². The SMILES string of the molecule is C[C@@]1(COC(=O)c2cc(Br)c[nH]2)NC=NC(C(=O)O)[C@@H]1O. The molecule has 0 bridgehead atoms. The molecule has 2 heterocycles. The van der Waals surface area contributed by atoms with Gasteiger partial charge in [0.1, 0.15) is 18.4 Å². The molecule has 0 saturated heterocycles. The van der Waals surface area contributed by atoms with E-state index in [0.29, 0.717) is 4.47 Å². The minimum absolute atomic E-state index is 0.209. The number of aliphatic hydroxyl groups excluding tert-OH is 1. The van der Waals surface area contributed by atoms with Crippen molar-refractivity contribution in [2.75, 3.05) is 6.61 Å². The van der Waals surface area contributed by atoms with Crippen molar-refractivity contribution in [2.24, 2.45) is 4.99 Å². The maximum Gasteiger partial charge on any atom is 0.354 e. The summed E-state index contributed by atoms with van der Waals surface area (Å²) in [4.78, 5) is 29.2. The smallest absolute Gasteiger partial charge is 0.354 e. The van der Waals surface area contributed by atoms with Crippen molar-refractivity contribution in [3.05, 3.63) is 22.4 Å². The lowest BCUT2D eigenvalue weighted by atomic mass is 9.89. The number of halogens is 1. The molecule has 0 amide bonds. The monoisotopic (exact) mass is 359 g/mol. The molecule has 0 aromatic carbocycles. The first kappa shape index (κ1) is 15.5. The van der Waals surface area contributed by atoms with Crippen LogP contribution in [-0.2, 0) is 9.53 Å². The second-order valence-corrected chi connectivity index (χ2v) is 5.79. The molecule has 114 valence electrons. The first-order chi connectivity index (χ1) is 9.83. The van der Waals surface area contributed by atoms with Crippen LogP contribution >= 0.6 is 15.9 Å². The number of nitrogens with zero attached hydrogens (tertiary/aromatic N) is 1. The van der Waals surface area contributed by atoms with Crippen LogP contribution in [0.2, 0.25) is 0 Å². The second kappa shape index (κ2) is 5.86. The predicted molar refractivity (Wildman–Crippen MR) is 76.2 cm³/mol. The Morgan fingerprint density at radius 2 is 2.29 bits per heavy atom. The quantitative estimate of drug-likeness (QED) is 0.566. The predicted octanol–water partition coefficient (Wildman–Crippen LogP) is 0.138. The van der Waals surface area contributed by atoms with Crippen molar-refractivity contribution in [3.8, 4) is 0 Å². The van der Waals surface area contributed by atoms with Gasteiger partial charge in [-0.25, -0.2) is 9.59 Å². The van der Waals surface area contributed by atoms with Crippen LogP contribution in [0.4, 0.5) is 0 Å². The van der Waals surface area contributed by atoms with E-state index < -0.39 is 29.6 Å². The van der Waals surface area contributed by atoms with Gasteiger partial charge in [0, 0.05) is 10.7 Å². The number of hydrogen-bond acceptors (Lipinski definition) is 6. The van der Waals surface area contributed by atoms with E-state index >= 15 is 0 Å². The Morgan fingerprint density at radius 1 is 1.57 bits per heavy atom. The van der Waals surface area contributed by atoms with Gasteiger partial charge in [-0.2, -0.15) is 0 Å². The molecule has 1 unspecified atom stereocenters. The zero-order valence-corrected chi connectivity index (χ0v) is 12.6. The number of aromatic nitrogens is 1. The molecular formula is C12H14BrN3O5. The van der Waals surface area contributed by atoms with Crippen LogP contribution < -0.4 is 5.32 Å². The average Bonchev–Trinajstić information content (AvgIpc) is 2.86. The molecule has 1 aromatic rings. The Bertz CT molecular complexity index is 587. The van der Waals surface area contributed by atoms with Gasteiger partial charge in [0.2, 0.25) is 0 Å². The number of carboxylic acid groups (broad SMARTS) is 1.